The molecule has 28 heavy (non-hydrogen) atoms. The zero-order valence-electron chi connectivity index (χ0n) is 16.0. The Morgan fingerprint density at radius 1 is 1.04 bits per heavy atom. The molecule has 0 bridgehead atoms. The van der Waals surface area contributed by atoms with Crippen LogP contribution in [0.1, 0.15) is 43.9 Å². The third-order valence-corrected chi connectivity index (χ3v) is 6.22. The highest BCUT2D eigenvalue weighted by molar-refractivity contribution is 5.80. The summed E-state index contributed by atoms with van der Waals surface area (Å²) in [5.41, 5.74) is 2.12. The maximum atomic E-state index is 12.4. The number of nitrogens with zero attached hydrogens (tertiary/aromatic N) is 4. The van der Waals surface area contributed by atoms with Gasteiger partial charge in [0, 0.05) is 43.3 Å². The van der Waals surface area contributed by atoms with Crippen molar-refractivity contribution in [2.24, 2.45) is 0 Å². The van der Waals surface area contributed by atoms with Crippen LogP contribution in [0.15, 0.2) is 28.8 Å². The fourth-order valence-corrected chi connectivity index (χ4v) is 4.63. The van der Waals surface area contributed by atoms with E-state index in [0.717, 1.165) is 44.7 Å². The minimum absolute atomic E-state index is 0.0157. The van der Waals surface area contributed by atoms with Gasteiger partial charge in [-0.1, -0.05) is 18.0 Å². The van der Waals surface area contributed by atoms with Crippen molar-refractivity contribution < 1.29 is 14.1 Å². The molecule has 0 spiro atoms. The van der Waals surface area contributed by atoms with Gasteiger partial charge in [0.25, 0.3) is 0 Å². The second kappa shape index (κ2) is 7.54. The van der Waals surface area contributed by atoms with E-state index in [1.165, 1.54) is 18.5 Å². The van der Waals surface area contributed by atoms with Gasteiger partial charge in [-0.05, 0) is 37.1 Å². The number of carbonyl (C=O) groups is 1. The molecule has 1 aromatic heterocycles. The fourth-order valence-electron chi connectivity index (χ4n) is 4.63. The van der Waals surface area contributed by atoms with Crippen LogP contribution in [0, 0.1) is 0 Å². The number of morpholine rings is 1. The molecular formula is C21H26N4O3. The lowest BCUT2D eigenvalue weighted by atomic mass is 10.1. The summed E-state index contributed by atoms with van der Waals surface area (Å²) in [6, 6.07) is 8.66. The summed E-state index contributed by atoms with van der Waals surface area (Å²) in [6.45, 7) is 4.08. The molecule has 2 saturated heterocycles. The van der Waals surface area contributed by atoms with Crippen LogP contribution in [0.2, 0.25) is 0 Å². The molecule has 1 aromatic carbocycles. The molecular weight excluding hydrogens is 356 g/mol. The molecule has 7 nitrogen and oxygen atoms in total. The van der Waals surface area contributed by atoms with Crippen LogP contribution in [0.3, 0.4) is 0 Å². The summed E-state index contributed by atoms with van der Waals surface area (Å²) in [4.78, 5) is 21.4. The van der Waals surface area contributed by atoms with E-state index in [9.17, 15) is 4.79 Å². The van der Waals surface area contributed by atoms with E-state index in [1.54, 1.807) is 0 Å². The van der Waals surface area contributed by atoms with E-state index in [2.05, 4.69) is 27.2 Å². The molecule has 3 fully saturated rings. The lowest BCUT2D eigenvalue weighted by Crippen LogP contribution is -2.36. The minimum Gasteiger partial charge on any atom is -0.378 e. The number of anilines is 1. The smallest absolute Gasteiger partial charge is 0.232 e. The molecule has 5 rings (SSSR count). The predicted octanol–water partition coefficient (Wildman–Crippen LogP) is 2.83. The van der Waals surface area contributed by atoms with Gasteiger partial charge >= 0.3 is 0 Å². The molecule has 148 valence electrons. The van der Waals surface area contributed by atoms with Crippen LogP contribution in [-0.2, 0) is 9.53 Å². The Bertz CT molecular complexity index is 822. The number of ether oxygens (including phenoxy) is 1. The Morgan fingerprint density at radius 2 is 1.79 bits per heavy atom. The molecule has 1 saturated carbocycles. The lowest BCUT2D eigenvalue weighted by molar-refractivity contribution is -0.129. The lowest BCUT2D eigenvalue weighted by Gasteiger charge is -2.28. The van der Waals surface area contributed by atoms with Crippen molar-refractivity contribution in [3.05, 3.63) is 30.2 Å². The Kier molecular flexibility index (Phi) is 4.76. The SMILES string of the molecule is O=C1C[C@@H](c2nc(-c3ccc(N4CCOCC4)cc3)no2)CN1C1CCCC1. The van der Waals surface area contributed by atoms with Gasteiger partial charge in [0.2, 0.25) is 17.6 Å². The second-order valence-electron chi connectivity index (χ2n) is 7.99. The molecule has 3 aliphatic rings. The molecule has 1 amide bonds. The van der Waals surface area contributed by atoms with Gasteiger partial charge in [-0.15, -0.1) is 0 Å². The standard InChI is InChI=1S/C21H26N4O3/c26-19-13-16(14-25(19)18-3-1-2-4-18)21-22-20(23-28-21)15-5-7-17(8-6-15)24-9-11-27-12-10-24/h5-8,16,18H,1-4,9-14H2/t16-/m1/s1. The summed E-state index contributed by atoms with van der Waals surface area (Å²) >= 11 is 0. The Hall–Kier alpha value is -2.41. The monoisotopic (exact) mass is 382 g/mol. The number of benzene rings is 1. The molecule has 3 heterocycles. The van der Waals surface area contributed by atoms with Gasteiger partial charge in [-0.25, -0.2) is 0 Å². The number of likely N-dealkylation sites (tertiary alicyclic amines) is 1. The van der Waals surface area contributed by atoms with Gasteiger partial charge in [0.1, 0.15) is 0 Å². The van der Waals surface area contributed by atoms with Crippen molar-refractivity contribution in [2.45, 2.75) is 44.1 Å². The number of hydrogen-bond donors (Lipinski definition) is 0. The average Bonchev–Trinajstić information content (AvgIpc) is 3.49. The molecule has 2 aliphatic heterocycles. The Labute approximate surface area is 164 Å². The third kappa shape index (κ3) is 3.39. The van der Waals surface area contributed by atoms with Crippen LogP contribution >= 0.6 is 0 Å². The number of hydrogen-bond acceptors (Lipinski definition) is 6. The minimum atomic E-state index is 0.0157. The number of aromatic nitrogens is 2. The molecule has 1 atom stereocenters. The van der Waals surface area contributed by atoms with Gasteiger partial charge in [-0.3, -0.25) is 4.79 Å². The van der Waals surface area contributed by atoms with Crippen molar-refractivity contribution in [1.82, 2.24) is 15.0 Å². The maximum absolute atomic E-state index is 12.4. The summed E-state index contributed by atoms with van der Waals surface area (Å²) in [6.07, 6.45) is 5.19. The first-order chi connectivity index (χ1) is 13.8. The van der Waals surface area contributed by atoms with E-state index in [-0.39, 0.29) is 11.8 Å². The van der Waals surface area contributed by atoms with E-state index in [1.807, 2.05) is 17.0 Å². The average molecular weight is 382 g/mol. The first kappa shape index (κ1) is 17.7. The molecule has 7 heteroatoms. The summed E-state index contributed by atoms with van der Waals surface area (Å²) < 4.78 is 11.0. The molecule has 2 aromatic rings. The van der Waals surface area contributed by atoms with Crippen LogP contribution in [0.4, 0.5) is 5.69 Å². The van der Waals surface area contributed by atoms with Crippen LogP contribution < -0.4 is 4.90 Å². The third-order valence-electron chi connectivity index (χ3n) is 6.22. The summed E-state index contributed by atoms with van der Waals surface area (Å²) in [5.74, 6) is 1.42. The zero-order valence-corrected chi connectivity index (χ0v) is 16.0. The van der Waals surface area contributed by atoms with Gasteiger partial charge in [-0.2, -0.15) is 4.98 Å². The van der Waals surface area contributed by atoms with Crippen molar-refractivity contribution in [3.63, 3.8) is 0 Å². The zero-order chi connectivity index (χ0) is 18.9. The molecule has 1 aliphatic carbocycles. The first-order valence-corrected chi connectivity index (χ1v) is 10.3. The first-order valence-electron chi connectivity index (χ1n) is 10.3. The molecule has 0 radical (unpaired) electrons. The summed E-state index contributed by atoms with van der Waals surface area (Å²) in [7, 11) is 0. The van der Waals surface area contributed by atoms with Crippen molar-refractivity contribution >= 4 is 11.6 Å². The number of carbonyl (C=O) groups excluding carboxylic acids is 1. The summed E-state index contributed by atoms with van der Waals surface area (Å²) in [5, 5.41) is 4.17. The van der Waals surface area contributed by atoms with Crippen molar-refractivity contribution in [2.75, 3.05) is 37.7 Å². The van der Waals surface area contributed by atoms with Crippen LogP contribution in [0.5, 0.6) is 0 Å². The van der Waals surface area contributed by atoms with Crippen LogP contribution in [-0.4, -0.2) is 59.8 Å². The van der Waals surface area contributed by atoms with Gasteiger partial charge in [0.05, 0.1) is 19.1 Å². The van der Waals surface area contributed by atoms with Crippen LogP contribution in [0.25, 0.3) is 11.4 Å². The van der Waals surface area contributed by atoms with E-state index < -0.39 is 0 Å². The number of rotatable bonds is 4. The second-order valence-corrected chi connectivity index (χ2v) is 7.99. The predicted molar refractivity (Wildman–Crippen MR) is 104 cm³/mol. The quantitative estimate of drug-likeness (QED) is 0.810. The molecule has 0 N–H and O–H groups in total. The van der Waals surface area contributed by atoms with Gasteiger partial charge < -0.3 is 19.1 Å². The highest BCUT2D eigenvalue weighted by Gasteiger charge is 2.38. The Balaban J connectivity index is 1.27. The van der Waals surface area contributed by atoms with E-state index >= 15 is 0 Å². The fraction of sp³-hybridized carbons (Fsp3) is 0.571. The highest BCUT2D eigenvalue weighted by Crippen LogP contribution is 2.34. The van der Waals surface area contributed by atoms with Crippen molar-refractivity contribution in [1.29, 1.82) is 0 Å². The maximum Gasteiger partial charge on any atom is 0.232 e. The largest absolute Gasteiger partial charge is 0.378 e. The van der Waals surface area contributed by atoms with Crippen molar-refractivity contribution in [3.8, 4) is 11.4 Å². The van der Waals surface area contributed by atoms with E-state index in [0.29, 0.717) is 30.7 Å². The normalized spacial score (nSPS) is 23.7. The highest BCUT2D eigenvalue weighted by atomic mass is 16.5. The Morgan fingerprint density at radius 3 is 2.54 bits per heavy atom. The van der Waals surface area contributed by atoms with Gasteiger partial charge in [0.15, 0.2) is 0 Å². The molecule has 0 unspecified atom stereocenters. The number of amides is 1. The topological polar surface area (TPSA) is 71.7 Å². The van der Waals surface area contributed by atoms with E-state index in [4.69, 9.17) is 9.26 Å².